The van der Waals surface area contributed by atoms with Crippen molar-refractivity contribution in [2.75, 3.05) is 0 Å². The van der Waals surface area contributed by atoms with Gasteiger partial charge < -0.3 is 4.74 Å². The van der Waals surface area contributed by atoms with E-state index in [-0.39, 0.29) is 11.3 Å². The van der Waals surface area contributed by atoms with E-state index in [2.05, 4.69) is 0 Å². The van der Waals surface area contributed by atoms with Crippen LogP contribution in [0.3, 0.4) is 0 Å². The third-order valence-corrected chi connectivity index (χ3v) is 3.31. The molecule has 0 saturated heterocycles. The van der Waals surface area contributed by atoms with Crippen LogP contribution in [0.5, 0.6) is 0 Å². The van der Waals surface area contributed by atoms with Crippen LogP contribution in [0.15, 0.2) is 18.2 Å². The Balaban J connectivity index is 2.26. The number of benzene rings is 1. The first-order valence-electron chi connectivity index (χ1n) is 6.56. The molecule has 0 aliphatic heterocycles. The molecule has 0 amide bonds. The molecule has 2 rings (SSSR count). The molecule has 1 aliphatic carbocycles. The number of non-ortho nitro benzene ring substituents is 2. The summed E-state index contributed by atoms with van der Waals surface area (Å²) in [7, 11) is 0. The van der Waals surface area contributed by atoms with Crippen molar-refractivity contribution >= 4 is 23.1 Å². The molecule has 1 aromatic rings. The molecule has 1 atom stereocenters. The molecule has 1 saturated carbocycles. The Kier molecular flexibility index (Phi) is 4.44. The average Bonchev–Trinajstić information content (AvgIpc) is 2.49. The fourth-order valence-corrected chi connectivity index (χ4v) is 2.20. The lowest BCUT2D eigenvalue weighted by atomic mass is 9.96. The van der Waals surface area contributed by atoms with Crippen LogP contribution >= 0.6 is 0 Å². The normalized spacial score (nSPS) is 17.8. The number of esters is 1. The molecule has 0 aromatic heterocycles. The molecule has 1 unspecified atom stereocenters. The highest BCUT2D eigenvalue weighted by atomic mass is 16.6. The van der Waals surface area contributed by atoms with Crippen molar-refractivity contribution in [1.29, 1.82) is 0 Å². The minimum absolute atomic E-state index is 0.209. The summed E-state index contributed by atoms with van der Waals surface area (Å²) in [6.45, 7) is 0. The van der Waals surface area contributed by atoms with Gasteiger partial charge in [-0.2, -0.15) is 0 Å². The maximum atomic E-state index is 12.0. The third-order valence-electron chi connectivity index (χ3n) is 3.31. The van der Waals surface area contributed by atoms with Crippen LogP contribution in [-0.2, 0) is 9.53 Å². The Hall–Kier alpha value is -2.84. The Morgan fingerprint density at radius 3 is 2.18 bits per heavy atom. The first kappa shape index (κ1) is 15.5. The molecule has 0 radical (unpaired) electrons. The topological polar surface area (TPSA) is 130 Å². The molecule has 0 spiro atoms. The molecule has 1 aliphatic rings. The van der Waals surface area contributed by atoms with Crippen molar-refractivity contribution in [2.45, 2.75) is 31.8 Å². The number of rotatable bonds is 4. The van der Waals surface area contributed by atoms with Crippen molar-refractivity contribution in [3.63, 3.8) is 0 Å². The molecule has 116 valence electrons. The highest BCUT2D eigenvalue weighted by molar-refractivity contribution is 5.94. The molecular weight excluding hydrogens is 296 g/mol. The number of carbonyl (C=O) groups excluding carboxylic acids is 2. The van der Waals surface area contributed by atoms with Gasteiger partial charge in [-0.3, -0.25) is 25.0 Å². The van der Waals surface area contributed by atoms with Crippen molar-refractivity contribution < 1.29 is 24.2 Å². The molecule has 9 nitrogen and oxygen atoms in total. The van der Waals surface area contributed by atoms with Gasteiger partial charge in [-0.05, 0) is 19.3 Å². The van der Waals surface area contributed by atoms with E-state index in [1.807, 2.05) is 0 Å². The zero-order chi connectivity index (χ0) is 16.3. The molecule has 1 fully saturated rings. The van der Waals surface area contributed by atoms with E-state index in [1.54, 1.807) is 0 Å². The second-order valence-electron chi connectivity index (χ2n) is 4.86. The third kappa shape index (κ3) is 3.43. The smallest absolute Gasteiger partial charge is 0.339 e. The Bertz CT molecular complexity index is 624. The summed E-state index contributed by atoms with van der Waals surface area (Å²) < 4.78 is 5.03. The zero-order valence-corrected chi connectivity index (χ0v) is 11.4. The second kappa shape index (κ2) is 6.29. The molecule has 0 N–H and O–H groups in total. The van der Waals surface area contributed by atoms with Crippen molar-refractivity contribution in [3.05, 3.63) is 44.0 Å². The number of ketones is 1. The largest absolute Gasteiger partial charge is 0.451 e. The maximum absolute atomic E-state index is 12.0. The van der Waals surface area contributed by atoms with Crippen molar-refractivity contribution in [1.82, 2.24) is 0 Å². The van der Waals surface area contributed by atoms with Crippen LogP contribution in [-0.4, -0.2) is 27.7 Å². The van der Waals surface area contributed by atoms with Gasteiger partial charge in [0.25, 0.3) is 11.4 Å². The number of nitro benzene ring substituents is 2. The van der Waals surface area contributed by atoms with Gasteiger partial charge in [0.2, 0.25) is 0 Å². The van der Waals surface area contributed by atoms with E-state index in [9.17, 15) is 29.8 Å². The Morgan fingerprint density at radius 2 is 1.68 bits per heavy atom. The fourth-order valence-electron chi connectivity index (χ4n) is 2.20. The average molecular weight is 308 g/mol. The number of hydrogen-bond donors (Lipinski definition) is 0. The summed E-state index contributed by atoms with van der Waals surface area (Å²) in [5.74, 6) is -1.19. The predicted molar refractivity (Wildman–Crippen MR) is 72.4 cm³/mol. The van der Waals surface area contributed by atoms with E-state index in [4.69, 9.17) is 4.74 Å². The van der Waals surface area contributed by atoms with E-state index in [1.165, 1.54) is 0 Å². The molecule has 0 bridgehead atoms. The summed E-state index contributed by atoms with van der Waals surface area (Å²) in [5.41, 5.74) is -1.49. The van der Waals surface area contributed by atoms with Crippen molar-refractivity contribution in [3.8, 4) is 0 Å². The van der Waals surface area contributed by atoms with Crippen LogP contribution in [0.25, 0.3) is 0 Å². The molecule has 9 heteroatoms. The highest BCUT2D eigenvalue weighted by Gasteiger charge is 2.28. The van der Waals surface area contributed by atoms with Gasteiger partial charge in [0.1, 0.15) is 0 Å². The summed E-state index contributed by atoms with van der Waals surface area (Å²) in [6.07, 6.45) is 1.28. The van der Waals surface area contributed by atoms with Crippen LogP contribution in [0.4, 0.5) is 11.4 Å². The maximum Gasteiger partial charge on any atom is 0.339 e. The summed E-state index contributed by atoms with van der Waals surface area (Å²) in [4.78, 5) is 43.5. The number of ether oxygens (including phenoxy) is 1. The van der Waals surface area contributed by atoms with E-state index >= 15 is 0 Å². The number of carbonyl (C=O) groups is 2. The first-order chi connectivity index (χ1) is 10.4. The molecular formula is C13H12N2O7. The van der Waals surface area contributed by atoms with Crippen LogP contribution in [0.2, 0.25) is 0 Å². The monoisotopic (exact) mass is 308 g/mol. The lowest BCUT2D eigenvalue weighted by molar-refractivity contribution is -0.394. The lowest BCUT2D eigenvalue weighted by Gasteiger charge is -2.20. The van der Waals surface area contributed by atoms with Gasteiger partial charge in [0.05, 0.1) is 21.5 Å². The number of nitro groups is 2. The van der Waals surface area contributed by atoms with Gasteiger partial charge in [0.15, 0.2) is 11.9 Å². The standard InChI is InChI=1S/C13H12N2O7/c16-11-3-1-2-4-12(11)22-13(17)8-5-9(14(18)19)7-10(6-8)15(20)21/h5-7,12H,1-4H2. The predicted octanol–water partition coefficient (Wildman–Crippen LogP) is 2.17. The van der Waals surface area contributed by atoms with Gasteiger partial charge in [-0.15, -0.1) is 0 Å². The van der Waals surface area contributed by atoms with Gasteiger partial charge >= 0.3 is 5.97 Å². The van der Waals surface area contributed by atoms with E-state index < -0.39 is 33.3 Å². The lowest BCUT2D eigenvalue weighted by Crippen LogP contribution is -2.30. The minimum atomic E-state index is -0.980. The SMILES string of the molecule is O=C(OC1CCCCC1=O)c1cc([N+](=O)[O-])cc([N+](=O)[O-])c1. The molecule has 22 heavy (non-hydrogen) atoms. The first-order valence-corrected chi connectivity index (χ1v) is 6.56. The quantitative estimate of drug-likeness (QED) is 0.473. The summed E-state index contributed by atoms with van der Waals surface area (Å²) in [5, 5.41) is 21.5. The Morgan fingerprint density at radius 1 is 1.09 bits per heavy atom. The van der Waals surface area contributed by atoms with Gasteiger partial charge in [0, 0.05) is 18.6 Å². The Labute approximate surface area is 124 Å². The van der Waals surface area contributed by atoms with Crippen LogP contribution in [0.1, 0.15) is 36.0 Å². The zero-order valence-electron chi connectivity index (χ0n) is 11.4. The number of Topliss-reactive ketones (excluding diaryl/α,β-unsaturated/α-hetero) is 1. The van der Waals surface area contributed by atoms with Crippen molar-refractivity contribution in [2.24, 2.45) is 0 Å². The molecule has 1 aromatic carbocycles. The number of hydrogen-bond acceptors (Lipinski definition) is 7. The summed E-state index contributed by atoms with van der Waals surface area (Å²) >= 11 is 0. The summed E-state index contributed by atoms with van der Waals surface area (Å²) in [6, 6.07) is 2.54. The fraction of sp³-hybridized carbons (Fsp3) is 0.385. The second-order valence-corrected chi connectivity index (χ2v) is 4.86. The minimum Gasteiger partial charge on any atom is -0.451 e. The molecule has 0 heterocycles. The van der Waals surface area contributed by atoms with Gasteiger partial charge in [-0.25, -0.2) is 4.79 Å². The number of nitrogens with zero attached hydrogens (tertiary/aromatic N) is 2. The van der Waals surface area contributed by atoms with Crippen LogP contribution < -0.4 is 0 Å². The van der Waals surface area contributed by atoms with E-state index in [0.717, 1.165) is 31.0 Å². The van der Waals surface area contributed by atoms with Crippen LogP contribution in [0, 0.1) is 20.2 Å². The van der Waals surface area contributed by atoms with E-state index in [0.29, 0.717) is 12.8 Å². The highest BCUT2D eigenvalue weighted by Crippen LogP contribution is 2.25. The van der Waals surface area contributed by atoms with Gasteiger partial charge in [-0.1, -0.05) is 0 Å².